The summed E-state index contributed by atoms with van der Waals surface area (Å²) in [7, 11) is 0. The largest absolute Gasteiger partial charge is 0.508 e. The highest BCUT2D eigenvalue weighted by molar-refractivity contribution is 5.97. The number of aromatic amines is 1. The number of aromatic nitrogens is 2. The number of imidazole rings is 1. The van der Waals surface area contributed by atoms with Crippen molar-refractivity contribution in [2.45, 2.75) is 31.3 Å². The van der Waals surface area contributed by atoms with E-state index < -0.39 is 12.0 Å². The van der Waals surface area contributed by atoms with Crippen LogP contribution < -0.4 is 11.1 Å². The quantitative estimate of drug-likeness (QED) is 0.249. The second-order valence-corrected chi connectivity index (χ2v) is 8.76. The van der Waals surface area contributed by atoms with Gasteiger partial charge in [-0.1, -0.05) is 72.8 Å². The Labute approximate surface area is 216 Å². The molecule has 1 aromatic heterocycles. The minimum absolute atomic E-state index is 0.128. The van der Waals surface area contributed by atoms with Crippen LogP contribution in [0.2, 0.25) is 0 Å². The molecule has 8 nitrogen and oxygen atoms in total. The smallest absolute Gasteiger partial charge is 0.249 e. The van der Waals surface area contributed by atoms with Gasteiger partial charge in [-0.25, -0.2) is 4.98 Å². The molecule has 0 aliphatic heterocycles. The molecule has 0 spiro atoms. The average Bonchev–Trinajstić information content (AvgIpc) is 3.43. The maximum absolute atomic E-state index is 14.5. The molecule has 2 amide bonds. The van der Waals surface area contributed by atoms with E-state index in [1.165, 1.54) is 0 Å². The zero-order valence-electron chi connectivity index (χ0n) is 20.5. The van der Waals surface area contributed by atoms with Gasteiger partial charge in [0.1, 0.15) is 11.8 Å². The monoisotopic (exact) mass is 497 g/mol. The zero-order chi connectivity index (χ0) is 26.0. The van der Waals surface area contributed by atoms with Crippen LogP contribution in [0.25, 0.3) is 0 Å². The summed E-state index contributed by atoms with van der Waals surface area (Å²) in [5.41, 5.74) is 8.27. The number of phenols is 1. The normalized spacial score (nSPS) is 11.7. The van der Waals surface area contributed by atoms with Crippen LogP contribution >= 0.6 is 0 Å². The Morgan fingerprint density at radius 1 is 0.946 bits per heavy atom. The number of benzene rings is 3. The van der Waals surface area contributed by atoms with Gasteiger partial charge in [-0.3, -0.25) is 14.9 Å². The highest BCUT2D eigenvalue weighted by Crippen LogP contribution is 2.30. The van der Waals surface area contributed by atoms with Crippen molar-refractivity contribution in [1.82, 2.24) is 14.9 Å². The summed E-state index contributed by atoms with van der Waals surface area (Å²) in [5.74, 6) is -0.737. The summed E-state index contributed by atoms with van der Waals surface area (Å²) in [6.07, 6.45) is 4.09. The van der Waals surface area contributed by atoms with E-state index in [0.29, 0.717) is 25.3 Å². The van der Waals surface area contributed by atoms with Crippen LogP contribution in [0, 0.1) is 0 Å². The number of H-pyrrole nitrogens is 1. The molecule has 0 aliphatic carbocycles. The second kappa shape index (κ2) is 12.5. The molecule has 5 N–H and O–H groups in total. The van der Waals surface area contributed by atoms with Crippen LogP contribution in [-0.2, 0) is 16.1 Å². The zero-order valence-corrected chi connectivity index (χ0v) is 20.5. The van der Waals surface area contributed by atoms with E-state index in [-0.39, 0.29) is 24.1 Å². The number of anilines is 1. The predicted octanol–water partition coefficient (Wildman–Crippen LogP) is 4.02. The van der Waals surface area contributed by atoms with Gasteiger partial charge in [0.05, 0.1) is 5.92 Å². The predicted molar refractivity (Wildman–Crippen MR) is 143 cm³/mol. The van der Waals surface area contributed by atoms with Gasteiger partial charge in [-0.05, 0) is 48.2 Å². The van der Waals surface area contributed by atoms with Crippen molar-refractivity contribution in [3.63, 3.8) is 0 Å². The van der Waals surface area contributed by atoms with Crippen molar-refractivity contribution in [2.75, 3.05) is 11.9 Å². The Bertz CT molecular complexity index is 1220. The van der Waals surface area contributed by atoms with Gasteiger partial charge in [0.2, 0.25) is 17.8 Å². The molecular formula is C29H31N5O3. The molecule has 0 fully saturated rings. The van der Waals surface area contributed by atoms with Gasteiger partial charge >= 0.3 is 0 Å². The molecule has 37 heavy (non-hydrogen) atoms. The van der Waals surface area contributed by atoms with E-state index in [4.69, 9.17) is 5.73 Å². The van der Waals surface area contributed by atoms with Crippen LogP contribution in [0.15, 0.2) is 97.3 Å². The number of hydrogen-bond acceptors (Lipinski definition) is 5. The molecule has 8 heteroatoms. The summed E-state index contributed by atoms with van der Waals surface area (Å²) < 4.78 is 0. The molecule has 190 valence electrons. The highest BCUT2D eigenvalue weighted by Gasteiger charge is 2.35. The lowest BCUT2D eigenvalue weighted by atomic mass is 9.89. The van der Waals surface area contributed by atoms with Crippen molar-refractivity contribution in [2.24, 2.45) is 5.73 Å². The first-order chi connectivity index (χ1) is 18.1. The molecule has 0 saturated heterocycles. The molecule has 4 rings (SSSR count). The lowest BCUT2D eigenvalue weighted by Crippen LogP contribution is -2.49. The molecule has 4 aromatic rings. The fraction of sp³-hybridized carbons (Fsp3) is 0.207. The molecule has 1 atom stereocenters. The van der Waals surface area contributed by atoms with Gasteiger partial charge in [-0.15, -0.1) is 0 Å². The van der Waals surface area contributed by atoms with Gasteiger partial charge in [-0.2, -0.15) is 0 Å². The van der Waals surface area contributed by atoms with Crippen molar-refractivity contribution in [1.29, 1.82) is 0 Å². The lowest BCUT2D eigenvalue weighted by Gasteiger charge is -2.34. The Balaban J connectivity index is 1.77. The van der Waals surface area contributed by atoms with Crippen molar-refractivity contribution >= 4 is 17.8 Å². The minimum atomic E-state index is -0.801. The summed E-state index contributed by atoms with van der Waals surface area (Å²) in [6.45, 7) is 0.558. The van der Waals surface area contributed by atoms with E-state index >= 15 is 0 Å². The molecule has 0 bridgehead atoms. The summed E-state index contributed by atoms with van der Waals surface area (Å²) in [6, 6.07) is 25.0. The van der Waals surface area contributed by atoms with Crippen LogP contribution in [0.3, 0.4) is 0 Å². The molecule has 0 aliphatic rings. The fourth-order valence-electron chi connectivity index (χ4n) is 4.35. The van der Waals surface area contributed by atoms with Gasteiger partial charge < -0.3 is 20.7 Å². The number of phenolic OH excluding ortho intramolecular Hbond substituents is 1. The SMILES string of the molecule is NCCC[C@H](C(=O)Nc1ncc[nH]1)N(Cc1ccc(O)cc1)C(=O)C(c1ccccc1)c1ccccc1. The lowest BCUT2D eigenvalue weighted by molar-refractivity contribution is -0.140. The minimum Gasteiger partial charge on any atom is -0.508 e. The molecule has 3 aromatic carbocycles. The second-order valence-electron chi connectivity index (χ2n) is 8.76. The molecule has 0 saturated carbocycles. The number of nitrogens with one attached hydrogen (secondary N) is 2. The standard InChI is InChI=1S/C29H31N5O3/c30-17-7-12-25(27(36)33-29-31-18-19-32-29)34(20-21-13-15-24(35)16-14-21)28(37)26(22-8-3-1-4-9-22)23-10-5-2-6-11-23/h1-6,8-11,13-16,18-19,25-26,35H,7,12,17,20,30H2,(H2,31,32,33,36)/t25-/m1/s1. The first-order valence-electron chi connectivity index (χ1n) is 12.3. The number of amides is 2. The number of rotatable bonds is 11. The number of aromatic hydroxyl groups is 1. The van der Waals surface area contributed by atoms with Crippen LogP contribution in [-0.4, -0.2) is 44.4 Å². The summed E-state index contributed by atoms with van der Waals surface area (Å²) in [4.78, 5) is 36.6. The highest BCUT2D eigenvalue weighted by atomic mass is 16.3. The van der Waals surface area contributed by atoms with E-state index in [1.54, 1.807) is 41.6 Å². The maximum Gasteiger partial charge on any atom is 0.249 e. The van der Waals surface area contributed by atoms with E-state index in [2.05, 4.69) is 15.3 Å². The fourth-order valence-corrected chi connectivity index (χ4v) is 4.35. The Morgan fingerprint density at radius 2 is 1.57 bits per heavy atom. The Kier molecular flexibility index (Phi) is 8.67. The Hall–Kier alpha value is -4.43. The number of hydrogen-bond donors (Lipinski definition) is 4. The van der Waals surface area contributed by atoms with Crippen LogP contribution in [0.1, 0.15) is 35.4 Å². The van der Waals surface area contributed by atoms with E-state index in [9.17, 15) is 14.7 Å². The van der Waals surface area contributed by atoms with Crippen molar-refractivity contribution in [3.05, 3.63) is 114 Å². The van der Waals surface area contributed by atoms with Gasteiger partial charge in [0.25, 0.3) is 0 Å². The van der Waals surface area contributed by atoms with Crippen LogP contribution in [0.4, 0.5) is 5.95 Å². The van der Waals surface area contributed by atoms with Crippen molar-refractivity contribution < 1.29 is 14.7 Å². The topological polar surface area (TPSA) is 124 Å². The maximum atomic E-state index is 14.5. The third-order valence-corrected chi connectivity index (χ3v) is 6.19. The molecule has 1 heterocycles. The summed E-state index contributed by atoms with van der Waals surface area (Å²) >= 11 is 0. The molecule has 0 radical (unpaired) electrons. The first-order valence-corrected chi connectivity index (χ1v) is 12.3. The third kappa shape index (κ3) is 6.62. The van der Waals surface area contributed by atoms with Crippen molar-refractivity contribution in [3.8, 4) is 5.75 Å². The van der Waals surface area contributed by atoms with E-state index in [1.807, 2.05) is 60.7 Å². The molecule has 0 unspecified atom stereocenters. The van der Waals surface area contributed by atoms with Gasteiger partial charge in [0.15, 0.2) is 0 Å². The first kappa shape index (κ1) is 25.7. The third-order valence-electron chi connectivity index (χ3n) is 6.19. The average molecular weight is 498 g/mol. The van der Waals surface area contributed by atoms with Crippen LogP contribution in [0.5, 0.6) is 5.75 Å². The van der Waals surface area contributed by atoms with Gasteiger partial charge in [0, 0.05) is 18.9 Å². The number of nitrogens with two attached hydrogens (primary N) is 1. The number of carbonyl (C=O) groups excluding carboxylic acids is 2. The molecular weight excluding hydrogens is 466 g/mol. The number of carbonyl (C=O) groups is 2. The summed E-state index contributed by atoms with van der Waals surface area (Å²) in [5, 5.41) is 12.6. The Morgan fingerprint density at radius 3 is 2.11 bits per heavy atom. The van der Waals surface area contributed by atoms with E-state index in [0.717, 1.165) is 16.7 Å². The number of nitrogens with zero attached hydrogens (tertiary/aromatic N) is 2.